The molecule has 1 aliphatic heterocycles. The van der Waals surface area contributed by atoms with Gasteiger partial charge in [-0.25, -0.2) is 4.99 Å². The second kappa shape index (κ2) is 3.35. The topological polar surface area (TPSA) is 46.0 Å². The van der Waals surface area contributed by atoms with Crippen LogP contribution in [-0.4, -0.2) is 20.5 Å². The lowest BCUT2D eigenvalue weighted by Crippen LogP contribution is -1.95. The minimum Gasteiger partial charge on any atom is -0.360 e. The summed E-state index contributed by atoms with van der Waals surface area (Å²) in [7, 11) is 1.98. The lowest BCUT2D eigenvalue weighted by molar-refractivity contribution is 0.764. The summed E-state index contributed by atoms with van der Waals surface area (Å²) in [6, 6.07) is 6.30. The monoisotopic (exact) mass is 250 g/mol. The smallest absolute Gasteiger partial charge is 0.112 e. The Hall–Kier alpha value is -2.36. The molecule has 0 radical (unpaired) electrons. The van der Waals surface area contributed by atoms with Gasteiger partial charge in [-0.15, -0.1) is 0 Å². The lowest BCUT2D eigenvalue weighted by Gasteiger charge is -2.02. The first kappa shape index (κ1) is 10.6. The van der Waals surface area contributed by atoms with Crippen LogP contribution in [0, 0.1) is 6.92 Å². The zero-order valence-electron chi connectivity index (χ0n) is 11.2. The van der Waals surface area contributed by atoms with E-state index in [1.165, 1.54) is 16.5 Å². The van der Waals surface area contributed by atoms with Crippen molar-refractivity contribution in [3.8, 4) is 11.3 Å². The Labute approximate surface area is 110 Å². The molecule has 0 bridgehead atoms. The van der Waals surface area contributed by atoms with Crippen molar-refractivity contribution in [3.63, 3.8) is 0 Å². The molecule has 1 N–H and O–H groups in total. The minimum atomic E-state index is 0.971. The second-order valence-corrected chi connectivity index (χ2v) is 5.03. The largest absolute Gasteiger partial charge is 0.360 e. The second-order valence-electron chi connectivity index (χ2n) is 5.03. The van der Waals surface area contributed by atoms with Gasteiger partial charge in [-0.2, -0.15) is 5.10 Å². The van der Waals surface area contributed by atoms with E-state index in [0.29, 0.717) is 0 Å². The Bertz CT molecular complexity index is 849. The first-order valence-corrected chi connectivity index (χ1v) is 6.36. The van der Waals surface area contributed by atoms with Gasteiger partial charge in [-0.1, -0.05) is 12.1 Å². The molecule has 94 valence electrons. The molecule has 0 spiro atoms. The highest BCUT2D eigenvalue weighted by molar-refractivity contribution is 6.17. The number of aromatic amines is 1. The van der Waals surface area contributed by atoms with Crippen molar-refractivity contribution in [2.75, 3.05) is 0 Å². The molecule has 1 aliphatic rings. The summed E-state index contributed by atoms with van der Waals surface area (Å²) in [5.41, 5.74) is 7.62. The van der Waals surface area contributed by atoms with E-state index in [9.17, 15) is 0 Å². The normalized spacial score (nSPS) is 13.3. The van der Waals surface area contributed by atoms with E-state index in [1.54, 1.807) is 0 Å². The summed E-state index contributed by atoms with van der Waals surface area (Å²) in [6.07, 6.45) is 2.06. The van der Waals surface area contributed by atoms with Crippen molar-refractivity contribution >= 4 is 22.3 Å². The van der Waals surface area contributed by atoms with Gasteiger partial charge in [0.05, 0.1) is 11.4 Å². The van der Waals surface area contributed by atoms with Crippen LogP contribution in [0.2, 0.25) is 0 Å². The number of hydrogen-bond acceptors (Lipinski definition) is 2. The average molecular weight is 250 g/mol. The molecule has 19 heavy (non-hydrogen) atoms. The van der Waals surface area contributed by atoms with E-state index >= 15 is 0 Å². The fraction of sp³-hybridized carbons (Fsp3) is 0.200. The van der Waals surface area contributed by atoms with Crippen LogP contribution in [0.25, 0.3) is 22.2 Å². The summed E-state index contributed by atoms with van der Waals surface area (Å²) in [5.74, 6) is 0. The molecular weight excluding hydrogens is 236 g/mol. The maximum atomic E-state index is 4.79. The van der Waals surface area contributed by atoms with Crippen LogP contribution < -0.4 is 0 Å². The Balaban J connectivity index is 2.27. The molecule has 0 atom stereocenters. The summed E-state index contributed by atoms with van der Waals surface area (Å²) in [5, 5.41) is 5.75. The fourth-order valence-electron chi connectivity index (χ4n) is 2.98. The highest BCUT2D eigenvalue weighted by Gasteiger charge is 2.23. The zero-order valence-corrected chi connectivity index (χ0v) is 11.2. The number of aromatic nitrogens is 3. The van der Waals surface area contributed by atoms with Gasteiger partial charge < -0.3 is 4.98 Å². The molecular formula is C15H14N4. The molecule has 0 amide bonds. The summed E-state index contributed by atoms with van der Waals surface area (Å²) in [6.45, 7) is 4.07. The van der Waals surface area contributed by atoms with E-state index in [2.05, 4.69) is 41.4 Å². The number of hydrogen-bond donors (Lipinski definition) is 1. The van der Waals surface area contributed by atoms with Crippen molar-refractivity contribution in [1.82, 2.24) is 14.8 Å². The Morgan fingerprint density at radius 2 is 2.00 bits per heavy atom. The maximum Gasteiger partial charge on any atom is 0.112 e. The van der Waals surface area contributed by atoms with Crippen LogP contribution in [0.5, 0.6) is 0 Å². The van der Waals surface area contributed by atoms with E-state index in [1.807, 2.05) is 18.7 Å². The summed E-state index contributed by atoms with van der Waals surface area (Å²) in [4.78, 5) is 8.14. The highest BCUT2D eigenvalue weighted by atomic mass is 15.3. The van der Waals surface area contributed by atoms with Gasteiger partial charge in [0.25, 0.3) is 0 Å². The molecule has 0 saturated carbocycles. The van der Waals surface area contributed by atoms with Crippen molar-refractivity contribution in [2.45, 2.75) is 13.8 Å². The van der Waals surface area contributed by atoms with Crippen LogP contribution in [0.4, 0.5) is 5.69 Å². The molecule has 0 saturated heterocycles. The number of nitrogens with zero attached hydrogens (tertiary/aromatic N) is 3. The fourth-order valence-corrected chi connectivity index (χ4v) is 2.98. The molecule has 0 aliphatic carbocycles. The first-order chi connectivity index (χ1) is 9.16. The minimum absolute atomic E-state index is 0.971. The Kier molecular flexibility index (Phi) is 1.86. The van der Waals surface area contributed by atoms with Crippen LogP contribution in [0.1, 0.15) is 18.2 Å². The third kappa shape index (κ3) is 1.23. The van der Waals surface area contributed by atoms with Gasteiger partial charge in [0, 0.05) is 41.0 Å². The molecule has 2 aromatic heterocycles. The average Bonchev–Trinajstić information content (AvgIpc) is 2.87. The molecule has 0 fully saturated rings. The van der Waals surface area contributed by atoms with Gasteiger partial charge in [0.15, 0.2) is 0 Å². The van der Waals surface area contributed by atoms with E-state index < -0.39 is 0 Å². The van der Waals surface area contributed by atoms with Crippen LogP contribution in [0.3, 0.4) is 0 Å². The maximum absolute atomic E-state index is 4.79. The third-order valence-electron chi connectivity index (χ3n) is 3.82. The first-order valence-electron chi connectivity index (χ1n) is 6.36. The van der Waals surface area contributed by atoms with Gasteiger partial charge in [-0.05, 0) is 19.9 Å². The number of aryl methyl sites for hydroxylation is 2. The van der Waals surface area contributed by atoms with Crippen molar-refractivity contribution in [1.29, 1.82) is 0 Å². The predicted octanol–water partition coefficient (Wildman–Crippen LogP) is 3.33. The van der Waals surface area contributed by atoms with Gasteiger partial charge >= 0.3 is 0 Å². The van der Waals surface area contributed by atoms with Crippen molar-refractivity contribution in [3.05, 3.63) is 35.7 Å². The van der Waals surface area contributed by atoms with Crippen molar-refractivity contribution < 1.29 is 0 Å². The number of aliphatic imine (C=N–C) groups is 1. The zero-order chi connectivity index (χ0) is 13.1. The number of fused-ring (bicyclic) bond motifs is 2. The standard InChI is InChI=1S/C15H14N4/c1-8-10-5-4-6-12-13(10)11(7-16-12)15-14(17-8)9(2)18-19(15)3/h4-7,16H,1-3H3. The Morgan fingerprint density at radius 3 is 2.84 bits per heavy atom. The number of rotatable bonds is 0. The number of H-pyrrole nitrogens is 1. The molecule has 4 nitrogen and oxygen atoms in total. The molecule has 3 aromatic rings. The molecule has 4 rings (SSSR count). The van der Waals surface area contributed by atoms with Crippen LogP contribution >= 0.6 is 0 Å². The molecule has 3 heterocycles. The van der Waals surface area contributed by atoms with Gasteiger partial charge in [0.2, 0.25) is 0 Å². The van der Waals surface area contributed by atoms with Gasteiger partial charge in [-0.3, -0.25) is 4.68 Å². The van der Waals surface area contributed by atoms with Crippen molar-refractivity contribution in [2.24, 2.45) is 12.0 Å². The SMILES string of the molecule is CC1=Nc2c(C)nn(C)c2-c2c[nH]c3cccc1c23. The van der Waals surface area contributed by atoms with E-state index in [-0.39, 0.29) is 0 Å². The van der Waals surface area contributed by atoms with Crippen LogP contribution in [-0.2, 0) is 7.05 Å². The quantitative estimate of drug-likeness (QED) is 0.653. The number of benzene rings is 1. The van der Waals surface area contributed by atoms with E-state index in [0.717, 1.165) is 28.3 Å². The summed E-state index contributed by atoms with van der Waals surface area (Å²) < 4.78 is 1.92. The molecule has 4 heteroatoms. The summed E-state index contributed by atoms with van der Waals surface area (Å²) >= 11 is 0. The molecule has 0 unspecified atom stereocenters. The van der Waals surface area contributed by atoms with Gasteiger partial charge in [0.1, 0.15) is 5.69 Å². The predicted molar refractivity (Wildman–Crippen MR) is 77.1 cm³/mol. The van der Waals surface area contributed by atoms with Crippen LogP contribution in [0.15, 0.2) is 29.4 Å². The highest BCUT2D eigenvalue weighted by Crippen LogP contribution is 2.41. The lowest BCUT2D eigenvalue weighted by atomic mass is 10.0. The Morgan fingerprint density at radius 1 is 1.16 bits per heavy atom. The van der Waals surface area contributed by atoms with E-state index in [4.69, 9.17) is 4.99 Å². The number of nitrogens with one attached hydrogen (secondary N) is 1. The third-order valence-corrected chi connectivity index (χ3v) is 3.82. The molecule has 1 aromatic carbocycles.